The second-order valence-electron chi connectivity index (χ2n) is 6.07. The summed E-state index contributed by atoms with van der Waals surface area (Å²) in [5.41, 5.74) is 3.72. The quantitative estimate of drug-likeness (QED) is 0.642. The fraction of sp³-hybridized carbons (Fsp3) is 0.625. The van der Waals surface area contributed by atoms with E-state index in [1.54, 1.807) is 6.07 Å². The molecule has 0 spiro atoms. The summed E-state index contributed by atoms with van der Waals surface area (Å²) in [6.07, 6.45) is 6.57. The molecule has 3 N–H and O–H groups in total. The van der Waals surface area contributed by atoms with Crippen molar-refractivity contribution in [2.45, 2.75) is 50.1 Å². The summed E-state index contributed by atoms with van der Waals surface area (Å²) in [6.45, 7) is 0. The Morgan fingerprint density at radius 3 is 2.45 bits per heavy atom. The maximum absolute atomic E-state index is 13.9. The summed E-state index contributed by atoms with van der Waals surface area (Å²) in [5.74, 6) is 5.68. The molecule has 0 heterocycles. The number of likely N-dealkylation sites (N-methyl/N-ethyl adjacent to an activating group) is 1. The number of nitrogens with zero attached hydrogens (tertiary/aromatic N) is 1. The van der Waals surface area contributed by atoms with E-state index in [0.717, 1.165) is 18.4 Å². The molecule has 1 atom stereocenters. The van der Waals surface area contributed by atoms with Gasteiger partial charge in [0.15, 0.2) is 0 Å². The molecule has 0 aliphatic heterocycles. The molecular formula is C16H26FN3. The maximum Gasteiger partial charge on any atom is 0.126 e. The van der Waals surface area contributed by atoms with Crippen LogP contribution in [-0.2, 0) is 6.42 Å². The van der Waals surface area contributed by atoms with E-state index in [0.29, 0.717) is 6.42 Å². The van der Waals surface area contributed by atoms with Crippen molar-refractivity contribution in [2.24, 2.45) is 5.84 Å². The second-order valence-corrected chi connectivity index (χ2v) is 6.07. The molecule has 112 valence electrons. The average molecular weight is 279 g/mol. The van der Waals surface area contributed by atoms with Crippen LogP contribution in [0.15, 0.2) is 24.3 Å². The summed E-state index contributed by atoms with van der Waals surface area (Å²) >= 11 is 0. The molecule has 1 aromatic carbocycles. The van der Waals surface area contributed by atoms with Crippen LogP contribution >= 0.6 is 0 Å². The van der Waals surface area contributed by atoms with Gasteiger partial charge in [0.05, 0.1) is 0 Å². The monoisotopic (exact) mass is 279 g/mol. The van der Waals surface area contributed by atoms with E-state index in [1.807, 2.05) is 12.1 Å². The lowest BCUT2D eigenvalue weighted by atomic mass is 9.73. The second kappa shape index (κ2) is 6.66. The standard InChI is InChI=1S/C16H26FN3/c1-20(2)16(10-6-3-7-11-16)15(19-18)12-13-8-4-5-9-14(13)17/h4-5,8-9,15,19H,3,6-7,10-12,18H2,1-2H3. The van der Waals surface area contributed by atoms with E-state index in [2.05, 4.69) is 24.4 Å². The van der Waals surface area contributed by atoms with Gasteiger partial charge in [0.25, 0.3) is 0 Å². The molecule has 2 rings (SSSR count). The van der Waals surface area contributed by atoms with E-state index in [-0.39, 0.29) is 17.4 Å². The number of rotatable bonds is 5. The fourth-order valence-electron chi connectivity index (χ4n) is 3.56. The lowest BCUT2D eigenvalue weighted by Gasteiger charge is -2.48. The van der Waals surface area contributed by atoms with Crippen LogP contribution in [-0.4, -0.2) is 30.6 Å². The van der Waals surface area contributed by atoms with Crippen LogP contribution in [0.25, 0.3) is 0 Å². The van der Waals surface area contributed by atoms with Crippen LogP contribution in [0.1, 0.15) is 37.7 Å². The van der Waals surface area contributed by atoms with E-state index < -0.39 is 0 Å². The number of halogens is 1. The van der Waals surface area contributed by atoms with Crippen molar-refractivity contribution in [3.8, 4) is 0 Å². The van der Waals surface area contributed by atoms with Crippen molar-refractivity contribution < 1.29 is 4.39 Å². The van der Waals surface area contributed by atoms with Gasteiger partial charge in [0.2, 0.25) is 0 Å². The number of nitrogens with two attached hydrogens (primary N) is 1. The third-order valence-electron chi connectivity index (χ3n) is 4.84. The van der Waals surface area contributed by atoms with Crippen LogP contribution in [0, 0.1) is 5.82 Å². The molecule has 1 aliphatic rings. The first-order valence-electron chi connectivity index (χ1n) is 7.47. The number of nitrogens with one attached hydrogen (secondary N) is 1. The summed E-state index contributed by atoms with van der Waals surface area (Å²) < 4.78 is 13.9. The zero-order valence-electron chi connectivity index (χ0n) is 12.5. The molecule has 0 saturated heterocycles. The minimum absolute atomic E-state index is 0.0231. The number of benzene rings is 1. The van der Waals surface area contributed by atoms with E-state index in [9.17, 15) is 4.39 Å². The van der Waals surface area contributed by atoms with Gasteiger partial charge in [0, 0.05) is 11.6 Å². The number of hydrazine groups is 1. The Morgan fingerprint density at radius 1 is 1.25 bits per heavy atom. The van der Waals surface area contributed by atoms with Crippen molar-refractivity contribution in [1.29, 1.82) is 0 Å². The average Bonchev–Trinajstić information content (AvgIpc) is 2.47. The van der Waals surface area contributed by atoms with E-state index in [1.165, 1.54) is 25.3 Å². The molecule has 4 heteroatoms. The van der Waals surface area contributed by atoms with Crippen molar-refractivity contribution in [1.82, 2.24) is 10.3 Å². The summed E-state index contributed by atoms with van der Waals surface area (Å²) in [7, 11) is 4.22. The predicted molar refractivity (Wildman–Crippen MR) is 80.7 cm³/mol. The lowest BCUT2D eigenvalue weighted by Crippen LogP contribution is -2.62. The molecule has 20 heavy (non-hydrogen) atoms. The Morgan fingerprint density at radius 2 is 1.90 bits per heavy atom. The van der Waals surface area contributed by atoms with Gasteiger partial charge in [-0.3, -0.25) is 11.3 Å². The normalized spacial score (nSPS) is 20.1. The Labute approximate surface area is 121 Å². The number of hydrogen-bond donors (Lipinski definition) is 2. The molecule has 1 aliphatic carbocycles. The Bertz CT molecular complexity index is 427. The van der Waals surface area contributed by atoms with Gasteiger partial charge in [-0.05, 0) is 45.0 Å². The minimum Gasteiger partial charge on any atom is -0.302 e. The minimum atomic E-state index is -0.141. The number of hydrogen-bond acceptors (Lipinski definition) is 3. The van der Waals surface area contributed by atoms with E-state index >= 15 is 0 Å². The fourth-order valence-corrected chi connectivity index (χ4v) is 3.56. The smallest absolute Gasteiger partial charge is 0.126 e. The van der Waals surface area contributed by atoms with Crippen LogP contribution in [0.2, 0.25) is 0 Å². The van der Waals surface area contributed by atoms with Crippen molar-refractivity contribution in [2.75, 3.05) is 14.1 Å². The molecule has 3 nitrogen and oxygen atoms in total. The zero-order chi connectivity index (χ0) is 14.6. The Kier molecular flexibility index (Phi) is 5.13. The summed E-state index contributed by atoms with van der Waals surface area (Å²) in [4.78, 5) is 2.28. The molecule has 0 radical (unpaired) electrons. The maximum atomic E-state index is 13.9. The molecule has 1 aromatic rings. The Balaban J connectivity index is 2.23. The van der Waals surface area contributed by atoms with Gasteiger partial charge in [-0.1, -0.05) is 37.5 Å². The van der Waals surface area contributed by atoms with Crippen LogP contribution in [0.3, 0.4) is 0 Å². The van der Waals surface area contributed by atoms with Crippen molar-refractivity contribution >= 4 is 0 Å². The molecule has 0 aromatic heterocycles. The molecular weight excluding hydrogens is 253 g/mol. The highest BCUT2D eigenvalue weighted by Gasteiger charge is 2.41. The first-order chi connectivity index (χ1) is 9.60. The van der Waals surface area contributed by atoms with Gasteiger partial charge >= 0.3 is 0 Å². The SMILES string of the molecule is CN(C)C1(C(Cc2ccccc2F)NN)CCCCC1. The zero-order valence-corrected chi connectivity index (χ0v) is 12.5. The first kappa shape index (κ1) is 15.4. The molecule has 1 unspecified atom stereocenters. The third kappa shape index (κ3) is 3.03. The highest BCUT2D eigenvalue weighted by Crippen LogP contribution is 2.36. The highest BCUT2D eigenvalue weighted by atomic mass is 19.1. The summed E-state index contributed by atoms with van der Waals surface area (Å²) in [5, 5.41) is 0. The van der Waals surface area contributed by atoms with E-state index in [4.69, 9.17) is 5.84 Å². The van der Waals surface area contributed by atoms with Gasteiger partial charge in [0.1, 0.15) is 5.82 Å². The highest BCUT2D eigenvalue weighted by molar-refractivity contribution is 5.20. The van der Waals surface area contributed by atoms with Gasteiger partial charge in [-0.2, -0.15) is 0 Å². The predicted octanol–water partition coefficient (Wildman–Crippen LogP) is 2.46. The van der Waals surface area contributed by atoms with Gasteiger partial charge in [-0.25, -0.2) is 4.39 Å². The molecule has 1 fully saturated rings. The lowest BCUT2D eigenvalue weighted by molar-refractivity contribution is 0.0566. The topological polar surface area (TPSA) is 41.3 Å². The van der Waals surface area contributed by atoms with Crippen LogP contribution in [0.4, 0.5) is 4.39 Å². The van der Waals surface area contributed by atoms with Crippen LogP contribution in [0.5, 0.6) is 0 Å². The molecule has 0 bridgehead atoms. The van der Waals surface area contributed by atoms with Crippen molar-refractivity contribution in [3.05, 3.63) is 35.6 Å². The molecule has 0 amide bonds. The molecule has 1 saturated carbocycles. The van der Waals surface area contributed by atoms with Crippen LogP contribution < -0.4 is 11.3 Å². The summed E-state index contributed by atoms with van der Waals surface area (Å²) in [6, 6.07) is 7.05. The third-order valence-corrected chi connectivity index (χ3v) is 4.84. The van der Waals surface area contributed by atoms with Crippen molar-refractivity contribution in [3.63, 3.8) is 0 Å². The van der Waals surface area contributed by atoms with Gasteiger partial charge < -0.3 is 4.90 Å². The Hall–Kier alpha value is -0.970. The largest absolute Gasteiger partial charge is 0.302 e. The van der Waals surface area contributed by atoms with Gasteiger partial charge in [-0.15, -0.1) is 0 Å². The first-order valence-corrected chi connectivity index (χ1v) is 7.47.